The Labute approximate surface area is 151 Å². The van der Waals surface area contributed by atoms with Crippen molar-refractivity contribution in [3.63, 3.8) is 0 Å². The molecule has 2 aromatic carbocycles. The SMILES string of the molecule is CC(C)(C)c1ccc(C(=O)NNC(=O)c2cc(Cl)cc(Cl)c2)cc1. The number of nitrogens with one attached hydrogen (secondary N) is 2. The van der Waals surface area contributed by atoms with Crippen LogP contribution in [0.3, 0.4) is 0 Å². The molecule has 126 valence electrons. The topological polar surface area (TPSA) is 58.2 Å². The minimum absolute atomic E-state index is 0.00900. The molecule has 0 saturated heterocycles. The maximum Gasteiger partial charge on any atom is 0.269 e. The number of hydrazine groups is 1. The van der Waals surface area contributed by atoms with E-state index < -0.39 is 11.8 Å². The molecular weight excluding hydrogens is 347 g/mol. The Hall–Kier alpha value is -2.04. The molecule has 0 radical (unpaired) electrons. The quantitative estimate of drug-likeness (QED) is 0.777. The van der Waals surface area contributed by atoms with Crippen LogP contribution in [-0.4, -0.2) is 11.8 Å². The molecule has 2 aromatic rings. The minimum Gasteiger partial charge on any atom is -0.267 e. The highest BCUT2D eigenvalue weighted by molar-refractivity contribution is 6.35. The maximum atomic E-state index is 12.1. The Morgan fingerprint density at radius 1 is 0.792 bits per heavy atom. The number of rotatable bonds is 2. The second-order valence-electron chi connectivity index (χ2n) is 6.39. The van der Waals surface area contributed by atoms with Gasteiger partial charge in [-0.3, -0.25) is 20.4 Å². The summed E-state index contributed by atoms with van der Waals surface area (Å²) in [7, 11) is 0. The van der Waals surface area contributed by atoms with Gasteiger partial charge in [-0.1, -0.05) is 56.1 Å². The average Bonchev–Trinajstić information content (AvgIpc) is 2.50. The lowest BCUT2D eigenvalue weighted by Crippen LogP contribution is -2.41. The van der Waals surface area contributed by atoms with Gasteiger partial charge in [-0.15, -0.1) is 0 Å². The van der Waals surface area contributed by atoms with Crippen LogP contribution in [0.15, 0.2) is 42.5 Å². The van der Waals surface area contributed by atoms with E-state index in [0.29, 0.717) is 15.6 Å². The van der Waals surface area contributed by atoms with Gasteiger partial charge in [0.1, 0.15) is 0 Å². The largest absolute Gasteiger partial charge is 0.269 e. The molecule has 4 nitrogen and oxygen atoms in total. The summed E-state index contributed by atoms with van der Waals surface area (Å²) in [5.41, 5.74) is 6.55. The molecule has 2 N–H and O–H groups in total. The fraction of sp³-hybridized carbons (Fsp3) is 0.222. The average molecular weight is 365 g/mol. The van der Waals surface area contributed by atoms with Gasteiger partial charge < -0.3 is 0 Å². The summed E-state index contributed by atoms with van der Waals surface area (Å²) in [5, 5.41) is 0.688. The van der Waals surface area contributed by atoms with E-state index in [9.17, 15) is 9.59 Å². The predicted octanol–water partition coefficient (Wildman–Crippen LogP) is 4.37. The Morgan fingerprint density at radius 2 is 1.25 bits per heavy atom. The van der Waals surface area contributed by atoms with E-state index in [1.165, 1.54) is 18.2 Å². The lowest BCUT2D eigenvalue weighted by atomic mass is 9.87. The summed E-state index contributed by atoms with van der Waals surface area (Å²) in [6.07, 6.45) is 0. The van der Waals surface area contributed by atoms with Crippen LogP contribution in [0, 0.1) is 0 Å². The monoisotopic (exact) mass is 364 g/mol. The van der Waals surface area contributed by atoms with E-state index in [2.05, 4.69) is 31.6 Å². The minimum atomic E-state index is -0.501. The van der Waals surface area contributed by atoms with Crippen LogP contribution in [-0.2, 0) is 5.41 Å². The number of halogens is 2. The summed E-state index contributed by atoms with van der Waals surface area (Å²) >= 11 is 11.7. The van der Waals surface area contributed by atoms with E-state index >= 15 is 0 Å². The lowest BCUT2D eigenvalue weighted by molar-refractivity contribution is 0.0846. The molecule has 0 fully saturated rings. The Balaban J connectivity index is 2.01. The van der Waals surface area contributed by atoms with Crippen molar-refractivity contribution in [1.29, 1.82) is 0 Å². The van der Waals surface area contributed by atoms with Crippen molar-refractivity contribution < 1.29 is 9.59 Å². The van der Waals surface area contributed by atoms with Gasteiger partial charge in [-0.25, -0.2) is 0 Å². The molecule has 0 bridgehead atoms. The summed E-state index contributed by atoms with van der Waals surface area (Å²) in [6.45, 7) is 6.29. The second-order valence-corrected chi connectivity index (χ2v) is 7.27. The fourth-order valence-corrected chi connectivity index (χ4v) is 2.59. The molecule has 24 heavy (non-hydrogen) atoms. The standard InChI is InChI=1S/C18H18Cl2N2O2/c1-18(2,3)13-6-4-11(5-7-13)16(23)21-22-17(24)12-8-14(19)10-15(20)9-12/h4-10H,1-3H3,(H,21,23)(H,22,24). The highest BCUT2D eigenvalue weighted by Crippen LogP contribution is 2.22. The third-order valence-corrected chi connectivity index (χ3v) is 3.86. The zero-order valence-corrected chi connectivity index (χ0v) is 15.1. The van der Waals surface area contributed by atoms with Crippen LogP contribution in [0.25, 0.3) is 0 Å². The lowest BCUT2D eigenvalue weighted by Gasteiger charge is -2.19. The maximum absolute atomic E-state index is 12.1. The van der Waals surface area contributed by atoms with Crippen molar-refractivity contribution in [3.05, 3.63) is 69.2 Å². The van der Waals surface area contributed by atoms with E-state index in [-0.39, 0.29) is 11.0 Å². The van der Waals surface area contributed by atoms with Crippen LogP contribution in [0.1, 0.15) is 47.1 Å². The molecule has 0 atom stereocenters. The number of amides is 2. The zero-order chi connectivity index (χ0) is 17.9. The van der Waals surface area contributed by atoms with Crippen LogP contribution in [0.5, 0.6) is 0 Å². The van der Waals surface area contributed by atoms with Gasteiger partial charge in [0.25, 0.3) is 11.8 Å². The van der Waals surface area contributed by atoms with Gasteiger partial charge in [-0.05, 0) is 41.3 Å². The number of hydrogen-bond donors (Lipinski definition) is 2. The van der Waals surface area contributed by atoms with Crippen LogP contribution < -0.4 is 10.9 Å². The highest BCUT2D eigenvalue weighted by Gasteiger charge is 2.15. The van der Waals surface area contributed by atoms with Crippen molar-refractivity contribution in [2.75, 3.05) is 0 Å². The number of carbonyl (C=O) groups is 2. The first-order valence-corrected chi connectivity index (χ1v) is 8.10. The van der Waals surface area contributed by atoms with Gasteiger partial charge in [0, 0.05) is 21.2 Å². The number of hydrogen-bond acceptors (Lipinski definition) is 2. The van der Waals surface area contributed by atoms with Gasteiger partial charge in [0.2, 0.25) is 0 Å². The first-order chi connectivity index (χ1) is 11.2. The third kappa shape index (κ3) is 4.73. The molecule has 0 saturated carbocycles. The summed E-state index contributed by atoms with van der Waals surface area (Å²) in [4.78, 5) is 24.1. The van der Waals surface area contributed by atoms with Gasteiger partial charge in [0.05, 0.1) is 0 Å². The summed E-state index contributed by atoms with van der Waals surface area (Å²) in [6, 6.07) is 11.7. The molecule has 0 aliphatic rings. The molecule has 0 aliphatic heterocycles. The molecule has 0 heterocycles. The molecule has 0 spiro atoms. The van der Waals surface area contributed by atoms with Crippen LogP contribution in [0.4, 0.5) is 0 Å². The van der Waals surface area contributed by atoms with E-state index in [1.807, 2.05) is 12.1 Å². The van der Waals surface area contributed by atoms with Gasteiger partial charge in [0.15, 0.2) is 0 Å². The Bertz CT molecular complexity index is 745. The molecule has 0 unspecified atom stereocenters. The smallest absolute Gasteiger partial charge is 0.267 e. The van der Waals surface area contributed by atoms with Crippen molar-refractivity contribution in [2.24, 2.45) is 0 Å². The van der Waals surface area contributed by atoms with Crippen LogP contribution in [0.2, 0.25) is 10.0 Å². The fourth-order valence-electron chi connectivity index (χ4n) is 2.06. The zero-order valence-electron chi connectivity index (χ0n) is 13.6. The number of benzene rings is 2. The highest BCUT2D eigenvalue weighted by atomic mass is 35.5. The molecule has 0 aromatic heterocycles. The van der Waals surface area contributed by atoms with E-state index in [1.54, 1.807) is 12.1 Å². The Kier molecular flexibility index (Phi) is 5.52. The molecule has 0 aliphatic carbocycles. The number of carbonyl (C=O) groups excluding carboxylic acids is 2. The van der Waals surface area contributed by atoms with E-state index in [4.69, 9.17) is 23.2 Å². The summed E-state index contributed by atoms with van der Waals surface area (Å²) in [5.74, 6) is -0.906. The van der Waals surface area contributed by atoms with Crippen molar-refractivity contribution in [2.45, 2.75) is 26.2 Å². The van der Waals surface area contributed by atoms with Gasteiger partial charge in [-0.2, -0.15) is 0 Å². The summed E-state index contributed by atoms with van der Waals surface area (Å²) < 4.78 is 0. The third-order valence-electron chi connectivity index (χ3n) is 3.43. The molecule has 6 heteroatoms. The first-order valence-electron chi connectivity index (χ1n) is 7.34. The van der Waals surface area contributed by atoms with Crippen molar-refractivity contribution in [3.8, 4) is 0 Å². The molecule has 2 amide bonds. The Morgan fingerprint density at radius 3 is 1.71 bits per heavy atom. The van der Waals surface area contributed by atoms with E-state index in [0.717, 1.165) is 5.56 Å². The van der Waals surface area contributed by atoms with Crippen molar-refractivity contribution >= 4 is 35.0 Å². The first kappa shape index (κ1) is 18.3. The molecular formula is C18H18Cl2N2O2. The second kappa shape index (κ2) is 7.24. The predicted molar refractivity (Wildman–Crippen MR) is 96.5 cm³/mol. The molecule has 2 rings (SSSR count). The normalized spacial score (nSPS) is 11.0. The van der Waals surface area contributed by atoms with Crippen LogP contribution >= 0.6 is 23.2 Å². The van der Waals surface area contributed by atoms with Gasteiger partial charge >= 0.3 is 0 Å². The van der Waals surface area contributed by atoms with Crippen molar-refractivity contribution in [1.82, 2.24) is 10.9 Å².